The molecule has 0 bridgehead atoms. The summed E-state index contributed by atoms with van der Waals surface area (Å²) in [5.41, 5.74) is 1.65. The van der Waals surface area contributed by atoms with E-state index < -0.39 is 17.6 Å². The van der Waals surface area contributed by atoms with E-state index in [1.165, 1.54) is 42.1 Å². The summed E-state index contributed by atoms with van der Waals surface area (Å²) in [5, 5.41) is 5.98. The van der Waals surface area contributed by atoms with Crippen molar-refractivity contribution < 1.29 is 18.8 Å². The standard InChI is InChI=1S/C30H21Cl2FN2O3S/c31-25-11-4-8-21(28(25)32)16-26(35-29(37)20-6-2-1-3-7-20)30(38)34-23-9-5-10-24(17-23)39-18-27(36)19-12-14-22(33)15-13-19/h1-17H,18H2,(H,34,38)(H,35,37)/b26-16-. The minimum absolute atomic E-state index is 0.0439. The van der Waals surface area contributed by atoms with Gasteiger partial charge in [0, 0.05) is 21.7 Å². The molecule has 0 aliphatic heterocycles. The van der Waals surface area contributed by atoms with Gasteiger partial charge in [-0.15, -0.1) is 11.8 Å². The third-order valence-corrected chi connectivity index (χ3v) is 7.27. The zero-order valence-electron chi connectivity index (χ0n) is 20.3. The van der Waals surface area contributed by atoms with Crippen LogP contribution in [-0.2, 0) is 4.79 Å². The van der Waals surface area contributed by atoms with Gasteiger partial charge in [-0.1, -0.05) is 59.6 Å². The van der Waals surface area contributed by atoms with E-state index in [9.17, 15) is 18.8 Å². The van der Waals surface area contributed by atoms with Gasteiger partial charge in [0.2, 0.25) is 0 Å². The number of thioether (sulfide) groups is 1. The van der Waals surface area contributed by atoms with Crippen molar-refractivity contribution >= 4 is 64.3 Å². The molecule has 0 atom stereocenters. The van der Waals surface area contributed by atoms with Crippen LogP contribution in [-0.4, -0.2) is 23.4 Å². The Hall–Kier alpha value is -3.91. The summed E-state index contributed by atoms with van der Waals surface area (Å²) in [4.78, 5) is 39.3. The predicted octanol–water partition coefficient (Wildman–Crippen LogP) is 7.52. The lowest BCUT2D eigenvalue weighted by molar-refractivity contribution is -0.113. The molecule has 4 aromatic rings. The highest BCUT2D eigenvalue weighted by Crippen LogP contribution is 2.28. The van der Waals surface area contributed by atoms with Gasteiger partial charge in [0.05, 0.1) is 15.8 Å². The summed E-state index contributed by atoms with van der Waals surface area (Å²) >= 11 is 13.7. The van der Waals surface area contributed by atoms with Gasteiger partial charge in [-0.25, -0.2) is 4.39 Å². The van der Waals surface area contributed by atoms with E-state index in [1.54, 1.807) is 72.8 Å². The number of hydrogen-bond acceptors (Lipinski definition) is 4. The van der Waals surface area contributed by atoms with Gasteiger partial charge >= 0.3 is 0 Å². The fraction of sp³-hybridized carbons (Fsp3) is 0.0333. The number of rotatable bonds is 9. The molecule has 0 saturated heterocycles. The molecule has 5 nitrogen and oxygen atoms in total. The Morgan fingerprint density at radius 1 is 0.821 bits per heavy atom. The van der Waals surface area contributed by atoms with Gasteiger partial charge in [0.25, 0.3) is 11.8 Å². The monoisotopic (exact) mass is 578 g/mol. The maximum Gasteiger partial charge on any atom is 0.272 e. The third-order valence-electron chi connectivity index (χ3n) is 5.44. The molecule has 0 aromatic heterocycles. The van der Waals surface area contributed by atoms with E-state index in [0.717, 1.165) is 4.90 Å². The molecule has 2 N–H and O–H groups in total. The maximum atomic E-state index is 13.3. The van der Waals surface area contributed by atoms with Gasteiger partial charge in [-0.2, -0.15) is 0 Å². The number of amides is 2. The molecule has 0 fully saturated rings. The topological polar surface area (TPSA) is 75.3 Å². The molecule has 0 spiro atoms. The molecule has 39 heavy (non-hydrogen) atoms. The molecule has 0 aliphatic carbocycles. The number of Topliss-reactive ketones (excluding diaryl/α,β-unsaturated/α-hetero) is 1. The quantitative estimate of drug-likeness (QED) is 0.122. The summed E-state index contributed by atoms with van der Waals surface area (Å²) in [6, 6.07) is 25.8. The maximum absolute atomic E-state index is 13.3. The second-order valence-corrected chi connectivity index (χ2v) is 10.1. The number of nitrogens with one attached hydrogen (secondary N) is 2. The second kappa shape index (κ2) is 13.2. The smallest absolute Gasteiger partial charge is 0.272 e. The molecular formula is C30H21Cl2FN2O3S. The van der Waals surface area contributed by atoms with E-state index in [2.05, 4.69) is 10.6 Å². The normalized spacial score (nSPS) is 11.1. The highest BCUT2D eigenvalue weighted by molar-refractivity contribution is 8.00. The minimum atomic E-state index is -0.583. The molecule has 4 rings (SSSR count). The number of benzene rings is 4. The Morgan fingerprint density at radius 3 is 2.28 bits per heavy atom. The van der Waals surface area contributed by atoms with Crippen LogP contribution < -0.4 is 10.6 Å². The molecular weight excluding hydrogens is 558 g/mol. The van der Waals surface area contributed by atoms with Gasteiger partial charge in [0.15, 0.2) is 5.78 Å². The lowest BCUT2D eigenvalue weighted by Gasteiger charge is -2.13. The van der Waals surface area contributed by atoms with Crippen LogP contribution in [0.5, 0.6) is 0 Å². The average Bonchev–Trinajstić information content (AvgIpc) is 2.94. The van der Waals surface area contributed by atoms with Crippen molar-refractivity contribution in [3.05, 3.63) is 135 Å². The first-order chi connectivity index (χ1) is 18.8. The van der Waals surface area contributed by atoms with Crippen LogP contribution >= 0.6 is 35.0 Å². The van der Waals surface area contributed by atoms with Crippen LogP contribution in [0.15, 0.2) is 108 Å². The van der Waals surface area contributed by atoms with Crippen LogP contribution in [0.3, 0.4) is 0 Å². The van der Waals surface area contributed by atoms with E-state index in [1.807, 2.05) is 0 Å². The first-order valence-corrected chi connectivity index (χ1v) is 13.4. The van der Waals surface area contributed by atoms with Gasteiger partial charge in [-0.05, 0) is 72.3 Å². The summed E-state index contributed by atoms with van der Waals surface area (Å²) in [7, 11) is 0. The van der Waals surface area contributed by atoms with Crippen LogP contribution in [0.25, 0.3) is 6.08 Å². The summed E-state index contributed by atoms with van der Waals surface area (Å²) in [6.07, 6.45) is 1.45. The summed E-state index contributed by atoms with van der Waals surface area (Å²) in [5.74, 6) is -1.48. The Bertz CT molecular complexity index is 1540. The fourth-order valence-electron chi connectivity index (χ4n) is 3.46. The van der Waals surface area contributed by atoms with Gasteiger partial charge in [-0.3, -0.25) is 14.4 Å². The van der Waals surface area contributed by atoms with E-state index in [-0.39, 0.29) is 22.3 Å². The highest BCUT2D eigenvalue weighted by atomic mass is 35.5. The second-order valence-electron chi connectivity index (χ2n) is 8.22. The molecule has 0 unspecified atom stereocenters. The van der Waals surface area contributed by atoms with Crippen molar-refractivity contribution in [1.82, 2.24) is 5.32 Å². The number of carbonyl (C=O) groups excluding carboxylic acids is 3. The fourth-order valence-corrected chi connectivity index (χ4v) is 4.67. The zero-order chi connectivity index (χ0) is 27.8. The Kier molecular flexibility index (Phi) is 9.54. The molecule has 4 aromatic carbocycles. The first kappa shape index (κ1) is 28.1. The molecule has 2 amide bonds. The van der Waals surface area contributed by atoms with Gasteiger partial charge in [0.1, 0.15) is 11.5 Å². The van der Waals surface area contributed by atoms with Crippen molar-refractivity contribution in [3.63, 3.8) is 0 Å². The number of ketones is 1. The largest absolute Gasteiger partial charge is 0.321 e. The Labute approximate surface area is 239 Å². The van der Waals surface area contributed by atoms with Gasteiger partial charge < -0.3 is 10.6 Å². The van der Waals surface area contributed by atoms with Crippen molar-refractivity contribution in [3.8, 4) is 0 Å². The lowest BCUT2D eigenvalue weighted by Crippen LogP contribution is -2.30. The van der Waals surface area contributed by atoms with Crippen molar-refractivity contribution in [2.45, 2.75) is 4.90 Å². The minimum Gasteiger partial charge on any atom is -0.321 e. The van der Waals surface area contributed by atoms with E-state index in [0.29, 0.717) is 27.4 Å². The number of carbonyl (C=O) groups is 3. The van der Waals surface area contributed by atoms with Crippen LogP contribution in [0, 0.1) is 5.82 Å². The predicted molar refractivity (Wildman–Crippen MR) is 155 cm³/mol. The molecule has 0 saturated carbocycles. The lowest BCUT2D eigenvalue weighted by atomic mass is 10.1. The summed E-state index contributed by atoms with van der Waals surface area (Å²) in [6.45, 7) is 0. The number of hydrogen-bond donors (Lipinski definition) is 2. The first-order valence-electron chi connectivity index (χ1n) is 11.7. The van der Waals surface area contributed by atoms with E-state index >= 15 is 0 Å². The average molecular weight is 579 g/mol. The van der Waals surface area contributed by atoms with Crippen LogP contribution in [0.1, 0.15) is 26.3 Å². The molecule has 0 radical (unpaired) electrons. The van der Waals surface area contributed by atoms with Crippen molar-refractivity contribution in [1.29, 1.82) is 0 Å². The molecule has 196 valence electrons. The third kappa shape index (κ3) is 7.80. The Morgan fingerprint density at radius 2 is 1.54 bits per heavy atom. The summed E-state index contributed by atoms with van der Waals surface area (Å²) < 4.78 is 13.1. The van der Waals surface area contributed by atoms with Crippen LogP contribution in [0.2, 0.25) is 10.0 Å². The van der Waals surface area contributed by atoms with Crippen molar-refractivity contribution in [2.24, 2.45) is 0 Å². The Balaban J connectivity index is 1.51. The SMILES string of the molecule is O=C(Nc1cccc(SCC(=O)c2ccc(F)cc2)c1)/C(=C/c1cccc(Cl)c1Cl)NC(=O)c1ccccc1. The van der Waals surface area contributed by atoms with Crippen LogP contribution in [0.4, 0.5) is 10.1 Å². The van der Waals surface area contributed by atoms with E-state index in [4.69, 9.17) is 23.2 Å². The zero-order valence-corrected chi connectivity index (χ0v) is 22.6. The molecule has 9 heteroatoms. The number of anilines is 1. The molecule has 0 heterocycles. The van der Waals surface area contributed by atoms with Crippen molar-refractivity contribution in [2.75, 3.05) is 11.1 Å². The molecule has 0 aliphatic rings. The highest BCUT2D eigenvalue weighted by Gasteiger charge is 2.17. The number of halogens is 3.